The smallest absolute Gasteiger partial charge is 0.0489 e. The molecule has 0 radical (unpaired) electrons. The molecule has 3 nitrogen and oxygen atoms in total. The average molecular weight is 360 g/mol. The summed E-state index contributed by atoms with van der Waals surface area (Å²) in [5, 5.41) is 1.35. The van der Waals surface area contributed by atoms with Crippen LogP contribution in [-0.2, 0) is 6.54 Å². The number of fused-ring (bicyclic) bond motifs is 1. The van der Waals surface area contributed by atoms with Gasteiger partial charge < -0.3 is 15.2 Å². The first-order valence-corrected chi connectivity index (χ1v) is 10.5. The van der Waals surface area contributed by atoms with Crippen molar-refractivity contribution in [2.24, 2.45) is 5.73 Å². The summed E-state index contributed by atoms with van der Waals surface area (Å²) in [6.07, 6.45) is 9.12. The van der Waals surface area contributed by atoms with Gasteiger partial charge >= 0.3 is 0 Å². The first-order chi connectivity index (χ1) is 13.3. The normalized spacial score (nSPS) is 19.4. The van der Waals surface area contributed by atoms with Gasteiger partial charge in [0.15, 0.2) is 0 Å². The van der Waals surface area contributed by atoms with Crippen molar-refractivity contribution in [1.82, 2.24) is 9.47 Å². The van der Waals surface area contributed by atoms with Crippen molar-refractivity contribution in [2.75, 3.05) is 13.1 Å². The summed E-state index contributed by atoms with van der Waals surface area (Å²) in [7, 11) is 0. The summed E-state index contributed by atoms with van der Waals surface area (Å²) in [5.74, 6) is 0. The minimum atomic E-state index is 0.588. The van der Waals surface area contributed by atoms with Gasteiger partial charge in [-0.2, -0.15) is 0 Å². The summed E-state index contributed by atoms with van der Waals surface area (Å²) < 4.78 is 2.53. The van der Waals surface area contributed by atoms with Gasteiger partial charge in [-0.05, 0) is 60.6 Å². The molecule has 1 saturated heterocycles. The van der Waals surface area contributed by atoms with Crippen molar-refractivity contribution in [2.45, 2.75) is 50.7 Å². The second kappa shape index (κ2) is 7.14. The maximum atomic E-state index is 5.85. The molecule has 3 aromatic rings. The molecule has 3 heteroatoms. The van der Waals surface area contributed by atoms with E-state index in [0.29, 0.717) is 12.6 Å². The highest BCUT2D eigenvalue weighted by Gasteiger charge is 2.29. The fraction of sp³-hybridized carbons (Fsp3) is 0.417. The van der Waals surface area contributed by atoms with Gasteiger partial charge in [-0.3, -0.25) is 0 Å². The maximum absolute atomic E-state index is 5.85. The molecule has 1 saturated carbocycles. The lowest BCUT2D eigenvalue weighted by atomic mass is 9.89. The number of piperidine rings is 1. The lowest BCUT2D eigenvalue weighted by Gasteiger charge is -2.42. The Kier molecular flexibility index (Phi) is 4.50. The fourth-order valence-electron chi connectivity index (χ4n) is 4.91. The third-order valence-corrected chi connectivity index (χ3v) is 6.72. The number of likely N-dealkylation sites (tertiary alicyclic amines) is 1. The van der Waals surface area contributed by atoms with Gasteiger partial charge in [0.05, 0.1) is 0 Å². The first-order valence-electron chi connectivity index (χ1n) is 10.5. The van der Waals surface area contributed by atoms with Crippen LogP contribution in [0.15, 0.2) is 54.7 Å². The molecule has 1 aliphatic heterocycles. The Morgan fingerprint density at radius 3 is 2.44 bits per heavy atom. The molecule has 140 valence electrons. The molecule has 27 heavy (non-hydrogen) atoms. The number of rotatable bonds is 4. The lowest BCUT2D eigenvalue weighted by Crippen LogP contribution is -2.45. The maximum Gasteiger partial charge on any atom is 0.0489 e. The molecule has 1 aliphatic carbocycles. The number of nitrogens with two attached hydrogens (primary N) is 1. The molecule has 0 unspecified atom stereocenters. The van der Waals surface area contributed by atoms with E-state index >= 15 is 0 Å². The number of nitrogens with zero attached hydrogens (tertiary/aromatic N) is 2. The van der Waals surface area contributed by atoms with Crippen molar-refractivity contribution < 1.29 is 0 Å². The number of hydrogen-bond donors (Lipinski definition) is 1. The highest BCUT2D eigenvalue weighted by molar-refractivity contribution is 5.95. The lowest BCUT2D eigenvalue weighted by molar-refractivity contribution is 0.0875. The highest BCUT2D eigenvalue weighted by Crippen LogP contribution is 2.35. The molecular formula is C24H29N3. The third kappa shape index (κ3) is 3.09. The van der Waals surface area contributed by atoms with Crippen molar-refractivity contribution in [3.05, 3.63) is 60.3 Å². The van der Waals surface area contributed by atoms with E-state index in [4.69, 9.17) is 5.73 Å². The topological polar surface area (TPSA) is 34.2 Å². The Hall–Kier alpha value is -2.10. The van der Waals surface area contributed by atoms with Crippen molar-refractivity contribution in [1.29, 1.82) is 0 Å². The number of hydrogen-bond acceptors (Lipinski definition) is 2. The minimum absolute atomic E-state index is 0.588. The van der Waals surface area contributed by atoms with E-state index in [0.717, 1.165) is 6.04 Å². The van der Waals surface area contributed by atoms with Crippen molar-refractivity contribution >= 4 is 10.9 Å². The third-order valence-electron chi connectivity index (χ3n) is 6.72. The zero-order valence-corrected chi connectivity index (χ0v) is 16.0. The standard InChI is InChI=1S/C24H29N3/c25-17-18-4-1-5-19(16-18)22-8-3-9-24-23(22)12-15-27(24)21-10-13-26(14-11-21)20-6-2-7-20/h1,3-5,8-9,12,15-16,20-21H,2,6-7,10-11,13-14,17,25H2. The van der Waals surface area contributed by atoms with E-state index in [1.807, 2.05) is 0 Å². The van der Waals surface area contributed by atoms with E-state index in [-0.39, 0.29) is 0 Å². The van der Waals surface area contributed by atoms with Crippen LogP contribution in [0.4, 0.5) is 0 Å². The molecule has 5 rings (SSSR count). The SMILES string of the molecule is NCc1cccc(-c2cccc3c2ccn3C2CCN(C3CCC3)CC2)c1. The van der Waals surface area contributed by atoms with Crippen LogP contribution >= 0.6 is 0 Å². The van der Waals surface area contributed by atoms with Crippen molar-refractivity contribution in [3.8, 4) is 11.1 Å². The van der Waals surface area contributed by atoms with Crippen LogP contribution in [0, 0.1) is 0 Å². The van der Waals surface area contributed by atoms with Crippen LogP contribution in [-0.4, -0.2) is 28.6 Å². The van der Waals surface area contributed by atoms with Crippen LogP contribution in [0.25, 0.3) is 22.0 Å². The Labute approximate surface area is 161 Å². The second-order valence-corrected chi connectivity index (χ2v) is 8.22. The Balaban J connectivity index is 1.43. The predicted molar refractivity (Wildman–Crippen MR) is 113 cm³/mol. The molecule has 0 atom stereocenters. The molecular weight excluding hydrogens is 330 g/mol. The molecule has 2 N–H and O–H groups in total. The van der Waals surface area contributed by atoms with E-state index in [9.17, 15) is 0 Å². The average Bonchev–Trinajstić information content (AvgIpc) is 3.11. The quantitative estimate of drug-likeness (QED) is 0.715. The fourth-order valence-corrected chi connectivity index (χ4v) is 4.91. The molecule has 1 aromatic heterocycles. The summed E-state index contributed by atoms with van der Waals surface area (Å²) in [6, 6.07) is 19.2. The van der Waals surface area contributed by atoms with Crippen LogP contribution in [0.1, 0.15) is 43.7 Å². The molecule has 2 aromatic carbocycles. The van der Waals surface area contributed by atoms with Crippen LogP contribution in [0.2, 0.25) is 0 Å². The second-order valence-electron chi connectivity index (χ2n) is 8.22. The number of aromatic nitrogens is 1. The van der Waals surface area contributed by atoms with Gasteiger partial charge in [-0.25, -0.2) is 0 Å². The van der Waals surface area contributed by atoms with E-state index < -0.39 is 0 Å². The van der Waals surface area contributed by atoms with E-state index in [1.54, 1.807) is 0 Å². The first kappa shape index (κ1) is 17.0. The monoisotopic (exact) mass is 359 g/mol. The Morgan fingerprint density at radius 2 is 1.70 bits per heavy atom. The van der Waals surface area contributed by atoms with E-state index in [1.165, 1.54) is 72.8 Å². The molecule has 0 amide bonds. The van der Waals surface area contributed by atoms with Crippen LogP contribution < -0.4 is 5.73 Å². The van der Waals surface area contributed by atoms with Gasteiger partial charge in [0.2, 0.25) is 0 Å². The minimum Gasteiger partial charge on any atom is -0.344 e. The zero-order chi connectivity index (χ0) is 18.2. The molecule has 0 bridgehead atoms. The largest absolute Gasteiger partial charge is 0.344 e. The van der Waals surface area contributed by atoms with E-state index in [2.05, 4.69) is 64.2 Å². The summed E-state index contributed by atoms with van der Waals surface area (Å²) in [4.78, 5) is 2.73. The van der Waals surface area contributed by atoms with Crippen LogP contribution in [0.3, 0.4) is 0 Å². The van der Waals surface area contributed by atoms with Crippen LogP contribution in [0.5, 0.6) is 0 Å². The molecule has 0 spiro atoms. The van der Waals surface area contributed by atoms with Gasteiger partial charge in [0.25, 0.3) is 0 Å². The molecule has 2 fully saturated rings. The summed E-state index contributed by atoms with van der Waals surface area (Å²) in [6.45, 7) is 3.10. The zero-order valence-electron chi connectivity index (χ0n) is 16.0. The van der Waals surface area contributed by atoms with Gasteiger partial charge in [-0.15, -0.1) is 0 Å². The number of benzene rings is 2. The molecule has 2 heterocycles. The molecule has 2 aliphatic rings. The van der Waals surface area contributed by atoms with Gasteiger partial charge in [-0.1, -0.05) is 36.8 Å². The summed E-state index contributed by atoms with van der Waals surface area (Å²) >= 11 is 0. The van der Waals surface area contributed by atoms with Crippen molar-refractivity contribution in [3.63, 3.8) is 0 Å². The Morgan fingerprint density at radius 1 is 0.889 bits per heavy atom. The predicted octanol–water partition coefficient (Wildman–Crippen LogP) is 4.96. The summed E-state index contributed by atoms with van der Waals surface area (Å²) in [5.41, 5.74) is 11.0. The van der Waals surface area contributed by atoms with Gasteiger partial charge in [0, 0.05) is 48.8 Å². The van der Waals surface area contributed by atoms with Gasteiger partial charge in [0.1, 0.15) is 0 Å². The Bertz CT molecular complexity index is 930. The highest BCUT2D eigenvalue weighted by atomic mass is 15.2.